The van der Waals surface area contributed by atoms with Gasteiger partial charge in [0.2, 0.25) is 0 Å². The van der Waals surface area contributed by atoms with Gasteiger partial charge >= 0.3 is 6.18 Å². The first-order chi connectivity index (χ1) is 11.7. The van der Waals surface area contributed by atoms with Crippen molar-refractivity contribution in [3.63, 3.8) is 0 Å². The summed E-state index contributed by atoms with van der Waals surface area (Å²) in [7, 11) is 0. The molecule has 0 fully saturated rings. The van der Waals surface area contributed by atoms with Crippen LogP contribution in [0.5, 0.6) is 0 Å². The molecule has 25 heavy (non-hydrogen) atoms. The number of aliphatic hydroxyl groups is 1. The lowest BCUT2D eigenvalue weighted by molar-refractivity contribution is -0.0815. The second kappa shape index (κ2) is 6.16. The van der Waals surface area contributed by atoms with Crippen LogP contribution in [0.1, 0.15) is 22.3 Å². The third-order valence-electron chi connectivity index (χ3n) is 3.85. The average molecular weight is 369 g/mol. The molecule has 0 radical (unpaired) electrons. The number of amides is 1. The van der Waals surface area contributed by atoms with E-state index in [0.29, 0.717) is 5.01 Å². The van der Waals surface area contributed by atoms with E-state index in [9.17, 15) is 23.1 Å². The normalized spacial score (nSPS) is 20.5. The highest BCUT2D eigenvalue weighted by Gasteiger charge is 2.53. The molecule has 0 spiro atoms. The van der Waals surface area contributed by atoms with Gasteiger partial charge in [-0.25, -0.2) is 0 Å². The van der Waals surface area contributed by atoms with Crippen LogP contribution in [0.2, 0.25) is 5.02 Å². The van der Waals surface area contributed by atoms with E-state index in [1.54, 1.807) is 24.3 Å². The largest absolute Gasteiger partial charge is 0.431 e. The van der Waals surface area contributed by atoms with E-state index in [-0.39, 0.29) is 16.1 Å². The second-order valence-corrected chi connectivity index (χ2v) is 5.91. The molecule has 3 rings (SSSR count). The molecule has 2 aromatic carbocycles. The molecular weight excluding hydrogens is 357 g/mol. The molecule has 130 valence electrons. The van der Waals surface area contributed by atoms with Crippen molar-refractivity contribution in [2.24, 2.45) is 5.10 Å². The van der Waals surface area contributed by atoms with E-state index in [1.807, 2.05) is 0 Å². The fourth-order valence-corrected chi connectivity index (χ4v) is 2.81. The summed E-state index contributed by atoms with van der Waals surface area (Å²) >= 11 is 5.96. The van der Waals surface area contributed by atoms with Crippen molar-refractivity contribution in [3.05, 3.63) is 70.7 Å². The Morgan fingerprint density at radius 2 is 1.72 bits per heavy atom. The third-order valence-corrected chi connectivity index (χ3v) is 4.17. The molecule has 0 unspecified atom stereocenters. The van der Waals surface area contributed by atoms with Gasteiger partial charge in [-0.15, -0.1) is 0 Å². The molecule has 0 aromatic heterocycles. The molecule has 1 heterocycles. The zero-order valence-corrected chi connectivity index (χ0v) is 13.4. The van der Waals surface area contributed by atoms with Crippen molar-refractivity contribution in [3.8, 4) is 0 Å². The number of hydrogen-bond donors (Lipinski definition) is 1. The predicted molar refractivity (Wildman–Crippen MR) is 86.1 cm³/mol. The zero-order valence-electron chi connectivity index (χ0n) is 12.7. The maximum absolute atomic E-state index is 13.1. The molecule has 0 saturated carbocycles. The van der Waals surface area contributed by atoms with Gasteiger partial charge in [-0.3, -0.25) is 4.79 Å². The SMILES string of the molecule is O=C(c1ccccc1Cl)N1N=C(C(F)(F)F)C[C@]1(O)c1ccccc1. The first-order valence-electron chi connectivity index (χ1n) is 7.25. The Morgan fingerprint density at radius 3 is 2.32 bits per heavy atom. The lowest BCUT2D eigenvalue weighted by Crippen LogP contribution is -2.43. The van der Waals surface area contributed by atoms with E-state index in [0.717, 1.165) is 0 Å². The van der Waals surface area contributed by atoms with Gasteiger partial charge < -0.3 is 5.11 Å². The molecule has 0 aliphatic carbocycles. The van der Waals surface area contributed by atoms with E-state index in [1.165, 1.54) is 30.3 Å². The summed E-state index contributed by atoms with van der Waals surface area (Å²) in [6, 6.07) is 13.5. The van der Waals surface area contributed by atoms with Crippen LogP contribution in [-0.2, 0) is 5.72 Å². The summed E-state index contributed by atoms with van der Waals surface area (Å²) in [5, 5.41) is 14.8. The van der Waals surface area contributed by atoms with Crippen molar-refractivity contribution in [2.45, 2.75) is 18.3 Å². The second-order valence-electron chi connectivity index (χ2n) is 5.50. The molecule has 1 N–H and O–H groups in total. The lowest BCUT2D eigenvalue weighted by atomic mass is 9.96. The molecule has 0 saturated heterocycles. The van der Waals surface area contributed by atoms with Crippen LogP contribution in [0.15, 0.2) is 59.7 Å². The van der Waals surface area contributed by atoms with Crippen LogP contribution in [0.4, 0.5) is 13.2 Å². The first-order valence-corrected chi connectivity index (χ1v) is 7.63. The molecule has 8 heteroatoms. The van der Waals surface area contributed by atoms with Gasteiger partial charge in [0.05, 0.1) is 17.0 Å². The number of carbonyl (C=O) groups is 1. The van der Waals surface area contributed by atoms with Gasteiger partial charge in [0.1, 0.15) is 5.71 Å². The van der Waals surface area contributed by atoms with Crippen LogP contribution < -0.4 is 0 Å². The number of rotatable bonds is 2. The number of carbonyl (C=O) groups excluding carboxylic acids is 1. The van der Waals surface area contributed by atoms with E-state index < -0.39 is 29.9 Å². The molecule has 2 aromatic rings. The summed E-state index contributed by atoms with van der Waals surface area (Å²) in [5.41, 5.74) is -3.41. The summed E-state index contributed by atoms with van der Waals surface area (Å²) in [6.45, 7) is 0. The van der Waals surface area contributed by atoms with E-state index >= 15 is 0 Å². The average Bonchev–Trinajstić information content (AvgIpc) is 2.95. The predicted octanol–water partition coefficient (Wildman–Crippen LogP) is 3.95. The van der Waals surface area contributed by atoms with Gasteiger partial charge in [0.15, 0.2) is 5.72 Å². The van der Waals surface area contributed by atoms with Crippen molar-refractivity contribution in [2.75, 3.05) is 0 Å². The minimum absolute atomic E-state index is 0.0503. The maximum Gasteiger partial charge on any atom is 0.431 e. The topological polar surface area (TPSA) is 52.9 Å². The fourth-order valence-electron chi connectivity index (χ4n) is 2.60. The Bertz CT molecular complexity index is 839. The third kappa shape index (κ3) is 3.12. The van der Waals surface area contributed by atoms with Crippen LogP contribution >= 0.6 is 11.6 Å². The highest BCUT2D eigenvalue weighted by atomic mass is 35.5. The summed E-state index contributed by atoms with van der Waals surface area (Å²) in [6.07, 6.45) is -5.63. The van der Waals surface area contributed by atoms with Crippen molar-refractivity contribution in [1.29, 1.82) is 0 Å². The number of halogens is 4. The Labute approximate surface area is 146 Å². The number of alkyl halides is 3. The van der Waals surface area contributed by atoms with Gasteiger partial charge in [0, 0.05) is 5.56 Å². The maximum atomic E-state index is 13.1. The zero-order chi connectivity index (χ0) is 18.2. The van der Waals surface area contributed by atoms with Gasteiger partial charge in [-0.05, 0) is 12.1 Å². The van der Waals surface area contributed by atoms with Crippen LogP contribution in [-0.4, -0.2) is 27.9 Å². The summed E-state index contributed by atoms with van der Waals surface area (Å²) in [4.78, 5) is 12.7. The number of hydrazone groups is 1. The Morgan fingerprint density at radius 1 is 1.12 bits per heavy atom. The van der Waals surface area contributed by atoms with Crippen molar-refractivity contribution in [1.82, 2.24) is 5.01 Å². The molecule has 1 aliphatic heterocycles. The van der Waals surface area contributed by atoms with Crippen molar-refractivity contribution >= 4 is 23.2 Å². The van der Waals surface area contributed by atoms with Crippen LogP contribution in [0, 0.1) is 0 Å². The number of hydrogen-bond acceptors (Lipinski definition) is 3. The Balaban J connectivity index is 2.10. The standard InChI is InChI=1S/C17H12ClF3N2O2/c18-13-9-5-4-8-12(13)15(24)23-16(25,11-6-2-1-3-7-11)10-14(22-23)17(19,20)21/h1-9,25H,10H2/t16-/m0/s1. The summed E-state index contributed by atoms with van der Waals surface area (Å²) in [5.74, 6) is -0.920. The molecule has 0 bridgehead atoms. The minimum Gasteiger partial charge on any atom is -0.365 e. The van der Waals surface area contributed by atoms with Gasteiger partial charge in [0.25, 0.3) is 5.91 Å². The van der Waals surface area contributed by atoms with Gasteiger partial charge in [-0.2, -0.15) is 23.3 Å². The number of nitrogens with zero attached hydrogens (tertiary/aromatic N) is 2. The molecule has 1 aliphatic rings. The van der Waals surface area contributed by atoms with E-state index in [4.69, 9.17) is 11.6 Å². The van der Waals surface area contributed by atoms with Crippen LogP contribution in [0.25, 0.3) is 0 Å². The van der Waals surface area contributed by atoms with Crippen molar-refractivity contribution < 1.29 is 23.1 Å². The van der Waals surface area contributed by atoms with Crippen LogP contribution in [0.3, 0.4) is 0 Å². The molecule has 4 nitrogen and oxygen atoms in total. The quantitative estimate of drug-likeness (QED) is 0.872. The number of benzene rings is 2. The van der Waals surface area contributed by atoms with E-state index in [2.05, 4.69) is 5.10 Å². The fraction of sp³-hybridized carbons (Fsp3) is 0.176. The molecule has 1 atom stereocenters. The first kappa shape index (κ1) is 17.4. The lowest BCUT2D eigenvalue weighted by Gasteiger charge is -2.31. The molecule has 1 amide bonds. The summed E-state index contributed by atoms with van der Waals surface area (Å²) < 4.78 is 39.4. The van der Waals surface area contributed by atoms with Gasteiger partial charge in [-0.1, -0.05) is 54.1 Å². The smallest absolute Gasteiger partial charge is 0.365 e. The highest BCUT2D eigenvalue weighted by Crippen LogP contribution is 2.40. The minimum atomic E-state index is -4.77. The monoisotopic (exact) mass is 368 g/mol. The Hall–Kier alpha value is -2.38. The molecular formula is C17H12ClF3N2O2. The highest BCUT2D eigenvalue weighted by molar-refractivity contribution is 6.33. The Kier molecular flexibility index (Phi) is 4.30.